The first-order valence-electron chi connectivity index (χ1n) is 10.8. The maximum absolute atomic E-state index is 13.4. The summed E-state index contributed by atoms with van der Waals surface area (Å²) in [5.41, 5.74) is 0.256. The Morgan fingerprint density at radius 1 is 1.10 bits per heavy atom. The van der Waals surface area contributed by atoms with Gasteiger partial charge in [0.05, 0.1) is 12.1 Å². The van der Waals surface area contributed by atoms with E-state index in [1.165, 1.54) is 6.07 Å². The van der Waals surface area contributed by atoms with Crippen LogP contribution in [0.15, 0.2) is 18.2 Å². The van der Waals surface area contributed by atoms with Gasteiger partial charge in [-0.3, -0.25) is 14.4 Å². The molecule has 31 heavy (non-hydrogen) atoms. The third kappa shape index (κ3) is 6.60. The Bertz CT molecular complexity index is 810. The number of halogens is 1. The molecule has 0 saturated heterocycles. The number of benzene rings is 1. The van der Waals surface area contributed by atoms with Gasteiger partial charge in [0.2, 0.25) is 11.8 Å². The Hall–Kier alpha value is -2.28. The van der Waals surface area contributed by atoms with Crippen LogP contribution < -0.4 is 15.4 Å². The Morgan fingerprint density at radius 3 is 2.35 bits per heavy atom. The van der Waals surface area contributed by atoms with Crippen molar-refractivity contribution in [2.24, 2.45) is 11.8 Å². The van der Waals surface area contributed by atoms with Crippen LogP contribution in [0, 0.1) is 11.8 Å². The molecule has 1 aromatic carbocycles. The molecular weight excluding hydrogens is 418 g/mol. The molecule has 0 fully saturated rings. The molecule has 2 N–H and O–H groups in total. The van der Waals surface area contributed by atoms with Crippen LogP contribution in [0.3, 0.4) is 0 Å². The maximum atomic E-state index is 13.4. The Balaban J connectivity index is 2.49. The van der Waals surface area contributed by atoms with E-state index >= 15 is 0 Å². The van der Waals surface area contributed by atoms with Crippen molar-refractivity contribution >= 4 is 29.3 Å². The molecule has 2 rings (SSSR count). The summed E-state index contributed by atoms with van der Waals surface area (Å²) in [5, 5.41) is 6.08. The number of nitrogens with one attached hydrogen (secondary N) is 2. The molecule has 1 aromatic rings. The van der Waals surface area contributed by atoms with Crippen molar-refractivity contribution < 1.29 is 19.1 Å². The monoisotopic (exact) mass is 451 g/mol. The summed E-state index contributed by atoms with van der Waals surface area (Å²) in [6, 6.07) is 3.24. The number of hydrogen-bond acceptors (Lipinski definition) is 4. The number of nitrogens with zero attached hydrogens (tertiary/aromatic N) is 1. The molecule has 1 aliphatic heterocycles. The standard InChI is InChI=1S/C23H34ClN3O4/c1-13(2)11-18-23(30)27(15(5)6)9-10-31-19-8-7-16(24)12-17(19)21(28)26-20(14(3)4)22(29)25-18/h7-8,12-15,18,20H,9-11H2,1-6H3,(H,25,29)(H,26,28)/t18-,20-/m0/s1. The molecule has 8 heteroatoms. The number of hydrogen-bond donors (Lipinski definition) is 2. The molecule has 0 bridgehead atoms. The first kappa shape index (κ1) is 25.0. The fourth-order valence-corrected chi connectivity index (χ4v) is 3.76. The van der Waals surface area contributed by atoms with Gasteiger partial charge in [0.1, 0.15) is 24.4 Å². The van der Waals surface area contributed by atoms with E-state index in [0.717, 1.165) is 0 Å². The first-order chi connectivity index (χ1) is 14.5. The number of carbonyl (C=O) groups is 3. The second-order valence-corrected chi connectivity index (χ2v) is 9.44. The van der Waals surface area contributed by atoms with E-state index in [2.05, 4.69) is 10.6 Å². The SMILES string of the molecule is CC(C)C[C@@H]1NC(=O)[C@H](C(C)C)NC(=O)c2cc(Cl)ccc2OCCN(C(C)C)C1=O. The van der Waals surface area contributed by atoms with Crippen LogP contribution in [0.1, 0.15) is 58.3 Å². The largest absolute Gasteiger partial charge is 0.491 e. The zero-order chi connectivity index (χ0) is 23.3. The predicted octanol–water partition coefficient (Wildman–Crippen LogP) is 3.25. The van der Waals surface area contributed by atoms with Gasteiger partial charge in [-0.2, -0.15) is 0 Å². The molecule has 0 aliphatic carbocycles. The minimum absolute atomic E-state index is 0.0712. The third-order valence-corrected chi connectivity index (χ3v) is 5.47. The molecule has 1 heterocycles. The van der Waals surface area contributed by atoms with E-state index in [-0.39, 0.29) is 41.9 Å². The second-order valence-electron chi connectivity index (χ2n) is 9.00. The van der Waals surface area contributed by atoms with Crippen LogP contribution in [0.25, 0.3) is 0 Å². The number of fused-ring (bicyclic) bond motifs is 1. The van der Waals surface area contributed by atoms with E-state index in [4.69, 9.17) is 16.3 Å². The van der Waals surface area contributed by atoms with E-state index in [1.807, 2.05) is 41.5 Å². The molecule has 3 amide bonds. The van der Waals surface area contributed by atoms with Crippen LogP contribution in [-0.2, 0) is 9.59 Å². The number of rotatable bonds is 4. The summed E-state index contributed by atoms with van der Waals surface area (Å²) >= 11 is 6.10. The van der Waals surface area contributed by atoms with Crippen LogP contribution in [0.2, 0.25) is 5.02 Å². The topological polar surface area (TPSA) is 87.7 Å². The molecule has 172 valence electrons. The smallest absolute Gasteiger partial charge is 0.255 e. The van der Waals surface area contributed by atoms with Crippen molar-refractivity contribution in [1.82, 2.24) is 15.5 Å². The van der Waals surface area contributed by atoms with Crippen molar-refractivity contribution in [2.45, 2.75) is 66.1 Å². The lowest BCUT2D eigenvalue weighted by atomic mass is 9.99. The van der Waals surface area contributed by atoms with Gasteiger partial charge in [0.15, 0.2) is 0 Å². The quantitative estimate of drug-likeness (QED) is 0.735. The molecule has 7 nitrogen and oxygen atoms in total. The van der Waals surface area contributed by atoms with Crippen LogP contribution in [0.5, 0.6) is 5.75 Å². The highest BCUT2D eigenvalue weighted by molar-refractivity contribution is 6.31. The van der Waals surface area contributed by atoms with E-state index in [0.29, 0.717) is 23.7 Å². The molecule has 1 aliphatic rings. The molecule has 2 atom stereocenters. The van der Waals surface area contributed by atoms with Gasteiger partial charge in [0, 0.05) is 11.1 Å². The van der Waals surface area contributed by atoms with Gasteiger partial charge in [0.25, 0.3) is 5.91 Å². The zero-order valence-corrected chi connectivity index (χ0v) is 20.0. The molecule has 0 saturated carbocycles. The molecule has 0 aromatic heterocycles. The van der Waals surface area contributed by atoms with Gasteiger partial charge < -0.3 is 20.3 Å². The van der Waals surface area contributed by atoms with Crippen LogP contribution in [0.4, 0.5) is 0 Å². The van der Waals surface area contributed by atoms with Gasteiger partial charge in [-0.05, 0) is 50.3 Å². The Kier molecular flexibility index (Phi) is 8.74. The van der Waals surface area contributed by atoms with Gasteiger partial charge in [-0.25, -0.2) is 0 Å². The highest BCUT2D eigenvalue weighted by Gasteiger charge is 2.33. The average molecular weight is 452 g/mol. The highest BCUT2D eigenvalue weighted by Crippen LogP contribution is 2.24. The van der Waals surface area contributed by atoms with Crippen molar-refractivity contribution in [3.8, 4) is 5.75 Å². The maximum Gasteiger partial charge on any atom is 0.255 e. The van der Waals surface area contributed by atoms with Gasteiger partial charge >= 0.3 is 0 Å². The molecule has 0 spiro atoms. The van der Waals surface area contributed by atoms with E-state index < -0.39 is 18.0 Å². The lowest BCUT2D eigenvalue weighted by Crippen LogP contribution is -2.57. The van der Waals surface area contributed by atoms with Crippen molar-refractivity contribution in [1.29, 1.82) is 0 Å². The van der Waals surface area contributed by atoms with Crippen molar-refractivity contribution in [3.63, 3.8) is 0 Å². The van der Waals surface area contributed by atoms with Crippen molar-refractivity contribution in [3.05, 3.63) is 28.8 Å². The van der Waals surface area contributed by atoms with Gasteiger partial charge in [-0.15, -0.1) is 0 Å². The second kappa shape index (κ2) is 10.8. The van der Waals surface area contributed by atoms with Crippen molar-refractivity contribution in [2.75, 3.05) is 13.2 Å². The van der Waals surface area contributed by atoms with Crippen LogP contribution in [-0.4, -0.2) is 53.9 Å². The minimum atomic E-state index is -0.810. The van der Waals surface area contributed by atoms with Crippen LogP contribution >= 0.6 is 11.6 Å². The summed E-state index contributed by atoms with van der Waals surface area (Å²) in [5.74, 6) is -0.598. The normalized spacial score (nSPS) is 21.1. The predicted molar refractivity (Wildman–Crippen MR) is 121 cm³/mol. The Morgan fingerprint density at radius 2 is 1.77 bits per heavy atom. The lowest BCUT2D eigenvalue weighted by molar-refractivity contribution is -0.139. The van der Waals surface area contributed by atoms with E-state index in [9.17, 15) is 14.4 Å². The molecular formula is C23H34ClN3O4. The summed E-state index contributed by atoms with van der Waals surface area (Å²) in [6.07, 6.45) is 0.503. The number of amides is 3. The summed E-state index contributed by atoms with van der Waals surface area (Å²) in [7, 11) is 0. The lowest BCUT2D eigenvalue weighted by Gasteiger charge is -2.32. The summed E-state index contributed by atoms with van der Waals surface area (Å²) in [4.78, 5) is 41.2. The molecule has 0 unspecified atom stereocenters. The Labute approximate surface area is 189 Å². The minimum Gasteiger partial charge on any atom is -0.491 e. The van der Waals surface area contributed by atoms with E-state index in [1.54, 1.807) is 17.0 Å². The summed E-state index contributed by atoms with van der Waals surface area (Å²) in [6.45, 7) is 12.1. The van der Waals surface area contributed by atoms with Gasteiger partial charge in [-0.1, -0.05) is 39.3 Å². The average Bonchev–Trinajstić information content (AvgIpc) is 2.67. The summed E-state index contributed by atoms with van der Waals surface area (Å²) < 4.78 is 5.88. The third-order valence-electron chi connectivity index (χ3n) is 5.24. The zero-order valence-electron chi connectivity index (χ0n) is 19.2. The first-order valence-corrected chi connectivity index (χ1v) is 11.2. The molecule has 0 radical (unpaired) electrons. The highest BCUT2D eigenvalue weighted by atomic mass is 35.5. The fraction of sp³-hybridized carbons (Fsp3) is 0.609. The fourth-order valence-electron chi connectivity index (χ4n) is 3.59. The number of carbonyl (C=O) groups excluding carboxylic acids is 3. The number of ether oxygens (including phenoxy) is 1.